The lowest BCUT2D eigenvalue weighted by Gasteiger charge is -1.99. The van der Waals surface area contributed by atoms with Crippen LogP contribution in [0.3, 0.4) is 0 Å². The summed E-state index contributed by atoms with van der Waals surface area (Å²) >= 11 is 7.67. The predicted octanol–water partition coefficient (Wildman–Crippen LogP) is 4.83. The van der Waals surface area contributed by atoms with Crippen LogP contribution in [-0.2, 0) is 0 Å². The first-order chi connectivity index (χ1) is 12.8. The standard InChI is InChI=1S/C18H10ClN5OS/c19-13-9-5-4-8-12(13)16-20-21-18-24(16)22-17(26-18)14-10-15(25-23-14)11-6-2-1-3-7-11/h1-10H. The van der Waals surface area contributed by atoms with Crippen LogP contribution in [0.5, 0.6) is 0 Å². The van der Waals surface area contributed by atoms with Crippen molar-refractivity contribution < 1.29 is 4.52 Å². The maximum absolute atomic E-state index is 6.28. The number of benzene rings is 2. The number of fused-ring (bicyclic) bond motifs is 1. The zero-order chi connectivity index (χ0) is 17.5. The Hall–Kier alpha value is -3.03. The van der Waals surface area contributed by atoms with E-state index in [9.17, 15) is 0 Å². The third-order valence-electron chi connectivity index (χ3n) is 3.89. The summed E-state index contributed by atoms with van der Waals surface area (Å²) in [5.41, 5.74) is 2.40. The fourth-order valence-electron chi connectivity index (χ4n) is 2.65. The van der Waals surface area contributed by atoms with Gasteiger partial charge in [-0.1, -0.05) is 70.6 Å². The molecule has 5 aromatic rings. The Balaban J connectivity index is 1.58. The minimum atomic E-state index is 0.597. The molecule has 26 heavy (non-hydrogen) atoms. The van der Waals surface area contributed by atoms with Crippen molar-refractivity contribution in [1.29, 1.82) is 0 Å². The van der Waals surface area contributed by atoms with E-state index in [1.54, 1.807) is 4.52 Å². The van der Waals surface area contributed by atoms with E-state index in [4.69, 9.17) is 16.1 Å². The van der Waals surface area contributed by atoms with Gasteiger partial charge in [-0.05, 0) is 12.1 Å². The molecule has 0 saturated carbocycles. The fourth-order valence-corrected chi connectivity index (χ4v) is 3.66. The Morgan fingerprint density at radius 3 is 2.62 bits per heavy atom. The van der Waals surface area contributed by atoms with Crippen LogP contribution in [0.25, 0.3) is 38.4 Å². The maximum Gasteiger partial charge on any atom is 0.235 e. The van der Waals surface area contributed by atoms with E-state index in [0.29, 0.717) is 32.3 Å². The minimum absolute atomic E-state index is 0.597. The number of hydrogen-bond acceptors (Lipinski definition) is 6. The molecule has 5 rings (SSSR count). The van der Waals surface area contributed by atoms with Crippen molar-refractivity contribution >= 4 is 27.9 Å². The summed E-state index contributed by atoms with van der Waals surface area (Å²) < 4.78 is 7.14. The van der Waals surface area contributed by atoms with Crippen molar-refractivity contribution in [3.63, 3.8) is 0 Å². The number of hydrogen-bond donors (Lipinski definition) is 0. The third-order valence-corrected chi connectivity index (χ3v) is 5.14. The molecular formula is C18H10ClN5OS. The molecule has 3 aromatic heterocycles. The van der Waals surface area contributed by atoms with E-state index in [2.05, 4.69) is 20.5 Å². The highest BCUT2D eigenvalue weighted by Gasteiger charge is 2.18. The Bertz CT molecular complexity index is 1210. The molecule has 0 atom stereocenters. The first-order valence-corrected chi connectivity index (χ1v) is 8.99. The van der Waals surface area contributed by atoms with Crippen LogP contribution >= 0.6 is 22.9 Å². The first kappa shape index (κ1) is 15.2. The lowest BCUT2D eigenvalue weighted by Crippen LogP contribution is -1.91. The van der Waals surface area contributed by atoms with Gasteiger partial charge in [0.2, 0.25) is 4.96 Å². The van der Waals surface area contributed by atoms with E-state index in [0.717, 1.165) is 11.1 Å². The van der Waals surface area contributed by atoms with Gasteiger partial charge in [-0.3, -0.25) is 0 Å². The molecule has 0 fully saturated rings. The topological polar surface area (TPSA) is 69.1 Å². The van der Waals surface area contributed by atoms with E-state index in [-0.39, 0.29) is 0 Å². The van der Waals surface area contributed by atoms with Gasteiger partial charge in [-0.2, -0.15) is 9.61 Å². The van der Waals surface area contributed by atoms with Crippen LogP contribution in [0.1, 0.15) is 0 Å². The molecule has 3 heterocycles. The third kappa shape index (κ3) is 2.49. The zero-order valence-electron chi connectivity index (χ0n) is 13.2. The molecule has 0 spiro atoms. The van der Waals surface area contributed by atoms with Crippen LogP contribution in [0, 0.1) is 0 Å². The molecule has 0 aliphatic carbocycles. The van der Waals surface area contributed by atoms with Gasteiger partial charge in [0.05, 0.1) is 5.02 Å². The summed E-state index contributed by atoms with van der Waals surface area (Å²) in [5, 5.41) is 18.4. The van der Waals surface area contributed by atoms with Crippen LogP contribution in [0.2, 0.25) is 5.02 Å². The van der Waals surface area contributed by atoms with Crippen molar-refractivity contribution in [3.8, 4) is 33.4 Å². The number of aromatic nitrogens is 5. The molecule has 8 heteroatoms. The quantitative estimate of drug-likeness (QED) is 0.449. The van der Waals surface area contributed by atoms with E-state index in [1.807, 2.05) is 60.7 Å². The largest absolute Gasteiger partial charge is 0.356 e. The highest BCUT2D eigenvalue weighted by molar-refractivity contribution is 7.19. The SMILES string of the molecule is Clc1ccccc1-c1nnc2sc(-c3cc(-c4ccccc4)on3)nn12. The molecule has 6 nitrogen and oxygen atoms in total. The second kappa shape index (κ2) is 6.05. The Morgan fingerprint density at radius 2 is 1.77 bits per heavy atom. The lowest BCUT2D eigenvalue weighted by atomic mass is 10.2. The molecule has 0 N–H and O–H groups in total. The van der Waals surface area contributed by atoms with Gasteiger partial charge >= 0.3 is 0 Å². The summed E-state index contributed by atoms with van der Waals surface area (Å²) in [6, 6.07) is 19.2. The van der Waals surface area contributed by atoms with Crippen molar-refractivity contribution in [2.45, 2.75) is 0 Å². The highest BCUT2D eigenvalue weighted by atomic mass is 35.5. The molecule has 0 aliphatic rings. The molecule has 0 saturated heterocycles. The molecule has 0 amide bonds. The summed E-state index contributed by atoms with van der Waals surface area (Å²) in [6.07, 6.45) is 0. The van der Waals surface area contributed by atoms with Gasteiger partial charge in [0.1, 0.15) is 5.69 Å². The van der Waals surface area contributed by atoms with Crippen LogP contribution in [-0.4, -0.2) is 25.0 Å². The zero-order valence-corrected chi connectivity index (χ0v) is 14.8. The summed E-state index contributed by atoms with van der Waals surface area (Å²) in [6.45, 7) is 0. The van der Waals surface area contributed by atoms with Crippen molar-refractivity contribution in [3.05, 3.63) is 65.7 Å². The van der Waals surface area contributed by atoms with Crippen LogP contribution in [0.15, 0.2) is 65.2 Å². The molecule has 126 valence electrons. The Kier molecular flexibility index (Phi) is 3.55. The van der Waals surface area contributed by atoms with Gasteiger partial charge in [0, 0.05) is 17.2 Å². The molecule has 0 radical (unpaired) electrons. The van der Waals surface area contributed by atoms with Gasteiger partial charge in [-0.15, -0.1) is 10.2 Å². The van der Waals surface area contributed by atoms with Crippen LogP contribution < -0.4 is 0 Å². The summed E-state index contributed by atoms with van der Waals surface area (Å²) in [7, 11) is 0. The monoisotopic (exact) mass is 379 g/mol. The van der Waals surface area contributed by atoms with E-state index >= 15 is 0 Å². The molecule has 0 aliphatic heterocycles. The molecule has 0 unspecified atom stereocenters. The van der Waals surface area contributed by atoms with Gasteiger partial charge < -0.3 is 4.52 Å². The van der Waals surface area contributed by atoms with Crippen molar-refractivity contribution in [2.24, 2.45) is 0 Å². The summed E-state index contributed by atoms with van der Waals surface area (Å²) in [4.78, 5) is 0.666. The normalized spacial score (nSPS) is 11.3. The predicted molar refractivity (Wildman–Crippen MR) is 100 cm³/mol. The van der Waals surface area contributed by atoms with Gasteiger partial charge in [0.15, 0.2) is 16.6 Å². The second-order valence-electron chi connectivity index (χ2n) is 5.55. The number of nitrogens with zero attached hydrogens (tertiary/aromatic N) is 5. The summed E-state index contributed by atoms with van der Waals surface area (Å²) in [5.74, 6) is 1.29. The molecule has 2 aromatic carbocycles. The van der Waals surface area contributed by atoms with E-state index in [1.165, 1.54) is 11.3 Å². The first-order valence-electron chi connectivity index (χ1n) is 7.79. The molecule has 0 bridgehead atoms. The van der Waals surface area contributed by atoms with Gasteiger partial charge in [0.25, 0.3) is 0 Å². The van der Waals surface area contributed by atoms with E-state index < -0.39 is 0 Å². The Labute approximate surface area is 156 Å². The highest BCUT2D eigenvalue weighted by Crippen LogP contribution is 2.32. The smallest absolute Gasteiger partial charge is 0.235 e. The average Bonchev–Trinajstić information content (AvgIpc) is 3.38. The van der Waals surface area contributed by atoms with Crippen LogP contribution in [0.4, 0.5) is 0 Å². The Morgan fingerprint density at radius 1 is 0.962 bits per heavy atom. The number of halogens is 1. The average molecular weight is 380 g/mol. The van der Waals surface area contributed by atoms with Crippen molar-refractivity contribution in [1.82, 2.24) is 25.0 Å². The lowest BCUT2D eigenvalue weighted by molar-refractivity contribution is 0.435. The van der Waals surface area contributed by atoms with Crippen molar-refractivity contribution in [2.75, 3.05) is 0 Å². The minimum Gasteiger partial charge on any atom is -0.356 e. The number of rotatable bonds is 3. The fraction of sp³-hybridized carbons (Fsp3) is 0. The molecular weight excluding hydrogens is 370 g/mol. The van der Waals surface area contributed by atoms with Gasteiger partial charge in [-0.25, -0.2) is 0 Å². The maximum atomic E-state index is 6.28. The second-order valence-corrected chi connectivity index (χ2v) is 6.91.